The molecule has 12 heteroatoms. The number of amides is 3. The van der Waals surface area contributed by atoms with Crippen LogP contribution < -0.4 is 21.0 Å². The zero-order chi connectivity index (χ0) is 28.2. The summed E-state index contributed by atoms with van der Waals surface area (Å²) >= 11 is 11.9. The number of nitrogens with one attached hydrogen (secondary N) is 3. The largest absolute Gasteiger partial charge is 0.482 e. The molecular weight excluding hydrogens is 557 g/mol. The van der Waals surface area contributed by atoms with E-state index in [1.807, 2.05) is 30.3 Å². The Labute approximate surface area is 238 Å². The fraction of sp³-hybridized carbons (Fsp3) is 0.179. The lowest BCUT2D eigenvalue weighted by Gasteiger charge is -2.13. The summed E-state index contributed by atoms with van der Waals surface area (Å²) in [5.41, 5.74) is 9.92. The van der Waals surface area contributed by atoms with E-state index >= 15 is 0 Å². The summed E-state index contributed by atoms with van der Waals surface area (Å²) in [6.07, 6.45) is 1.91. The fourth-order valence-corrected chi connectivity index (χ4v) is 4.78. The van der Waals surface area contributed by atoms with Crippen LogP contribution in [0.2, 0.25) is 10.0 Å². The molecule has 3 amide bonds. The first-order chi connectivity index (χ1) is 19.3. The first-order valence-electron chi connectivity index (χ1n) is 12.3. The molecule has 0 saturated heterocycles. The summed E-state index contributed by atoms with van der Waals surface area (Å²) in [6, 6.07) is 15.6. The Morgan fingerprint density at radius 3 is 2.67 bits per heavy atom. The smallest absolute Gasteiger partial charge is 0.305 e. The average molecular weight is 580 g/mol. The molecule has 2 heterocycles. The number of aryl methyl sites for hydroxylation is 1. The number of halogens is 2. The highest BCUT2D eigenvalue weighted by Gasteiger charge is 2.28. The number of hydrazone groups is 1. The van der Waals surface area contributed by atoms with Gasteiger partial charge < -0.3 is 9.15 Å². The van der Waals surface area contributed by atoms with Crippen LogP contribution in [0, 0.1) is 6.92 Å². The van der Waals surface area contributed by atoms with Gasteiger partial charge in [-0.1, -0.05) is 47.5 Å². The molecule has 0 unspecified atom stereocenters. The highest BCUT2D eigenvalue weighted by molar-refractivity contribution is 6.35. The lowest BCUT2D eigenvalue weighted by atomic mass is 9.93. The molecule has 5 rings (SSSR count). The third-order valence-corrected chi connectivity index (χ3v) is 6.75. The third-order valence-electron chi connectivity index (χ3n) is 6.22. The standard InChI is InChI=1S/C28H23Cl2N5O5/c1-15-25-20(32-34-27(37)21-11-9-16-5-2-3-6-19(16)31-21)7-4-8-23(25)40-26(15)28(38)35-33-24(36)14-39-22-12-10-17(29)13-18(22)30/h2-3,5-6,9-13H,4,7-8,14H2,1H3,(H,33,36)(H,34,37)(H,35,38)/b32-20+. The molecule has 0 radical (unpaired) electrons. The van der Waals surface area contributed by atoms with Crippen molar-refractivity contribution in [3.05, 3.63) is 93.0 Å². The number of para-hydroxylation sites is 1. The van der Waals surface area contributed by atoms with Crippen molar-refractivity contribution < 1.29 is 23.5 Å². The molecule has 0 bridgehead atoms. The topological polar surface area (TPSA) is 135 Å². The van der Waals surface area contributed by atoms with Crippen LogP contribution in [0.15, 0.2) is 64.1 Å². The number of hydrogen-bond donors (Lipinski definition) is 3. The maximum Gasteiger partial charge on any atom is 0.305 e. The van der Waals surface area contributed by atoms with Gasteiger partial charge in [0.25, 0.3) is 11.8 Å². The number of carbonyl (C=O) groups is 3. The second-order valence-electron chi connectivity index (χ2n) is 8.96. The van der Waals surface area contributed by atoms with E-state index in [9.17, 15) is 14.4 Å². The molecule has 4 aromatic rings. The number of pyridine rings is 1. The van der Waals surface area contributed by atoms with Gasteiger partial charge in [0, 0.05) is 28.0 Å². The number of rotatable bonds is 6. The van der Waals surface area contributed by atoms with Crippen molar-refractivity contribution in [1.29, 1.82) is 0 Å². The van der Waals surface area contributed by atoms with Crippen molar-refractivity contribution in [2.24, 2.45) is 5.10 Å². The number of hydrogen-bond acceptors (Lipinski definition) is 7. The van der Waals surface area contributed by atoms with Gasteiger partial charge >= 0.3 is 5.91 Å². The van der Waals surface area contributed by atoms with Gasteiger partial charge in [-0.3, -0.25) is 25.2 Å². The lowest BCUT2D eigenvalue weighted by molar-refractivity contribution is -0.123. The van der Waals surface area contributed by atoms with Crippen LogP contribution in [-0.4, -0.2) is 35.0 Å². The molecule has 0 spiro atoms. The first-order valence-corrected chi connectivity index (χ1v) is 13.1. The average Bonchev–Trinajstić information content (AvgIpc) is 3.30. The van der Waals surface area contributed by atoms with E-state index in [2.05, 4.69) is 26.4 Å². The minimum atomic E-state index is -0.645. The molecule has 1 aliphatic carbocycles. The number of carbonyl (C=O) groups excluding carboxylic acids is 3. The minimum absolute atomic E-state index is 0.0316. The zero-order valence-electron chi connectivity index (χ0n) is 21.2. The Bertz CT molecular complexity index is 1670. The van der Waals surface area contributed by atoms with Gasteiger partial charge in [0.05, 0.1) is 16.3 Å². The summed E-state index contributed by atoms with van der Waals surface area (Å²) in [4.78, 5) is 42.1. The van der Waals surface area contributed by atoms with E-state index < -0.39 is 24.3 Å². The maximum absolute atomic E-state index is 12.8. The SMILES string of the molecule is Cc1c(C(=O)NNC(=O)COc2ccc(Cl)cc2Cl)oc2c1/C(=N/NC(=O)c1ccc3ccccc3n1)CCC2. The number of fused-ring (bicyclic) bond motifs is 2. The predicted octanol–water partition coefficient (Wildman–Crippen LogP) is 4.75. The number of benzene rings is 2. The van der Waals surface area contributed by atoms with E-state index in [1.54, 1.807) is 19.1 Å². The summed E-state index contributed by atoms with van der Waals surface area (Å²) in [5.74, 6) is -0.817. The highest BCUT2D eigenvalue weighted by Crippen LogP contribution is 2.30. The van der Waals surface area contributed by atoms with Crippen molar-refractivity contribution in [2.75, 3.05) is 6.61 Å². The van der Waals surface area contributed by atoms with Crippen LogP contribution in [0.3, 0.4) is 0 Å². The molecule has 0 fully saturated rings. The van der Waals surface area contributed by atoms with E-state index in [0.29, 0.717) is 46.0 Å². The summed E-state index contributed by atoms with van der Waals surface area (Å²) < 4.78 is 11.2. The van der Waals surface area contributed by atoms with Gasteiger partial charge in [-0.15, -0.1) is 0 Å². The first kappa shape index (κ1) is 27.2. The molecule has 1 aliphatic rings. The molecule has 0 atom stereocenters. The summed E-state index contributed by atoms with van der Waals surface area (Å²) in [7, 11) is 0. The van der Waals surface area contributed by atoms with Crippen molar-refractivity contribution in [2.45, 2.75) is 26.2 Å². The van der Waals surface area contributed by atoms with Crippen LogP contribution >= 0.6 is 23.2 Å². The van der Waals surface area contributed by atoms with Crippen LogP contribution in [0.1, 0.15) is 50.8 Å². The van der Waals surface area contributed by atoms with Gasteiger partial charge in [0.1, 0.15) is 17.2 Å². The van der Waals surface area contributed by atoms with Crippen molar-refractivity contribution in [3.8, 4) is 5.75 Å². The Kier molecular flexibility index (Phi) is 7.99. The molecule has 3 N–H and O–H groups in total. The van der Waals surface area contributed by atoms with Crippen LogP contribution in [0.25, 0.3) is 10.9 Å². The monoisotopic (exact) mass is 579 g/mol. The summed E-state index contributed by atoms with van der Waals surface area (Å²) in [6.45, 7) is 1.33. The second-order valence-corrected chi connectivity index (χ2v) is 9.81. The van der Waals surface area contributed by atoms with E-state index in [4.69, 9.17) is 32.4 Å². The third kappa shape index (κ3) is 5.93. The molecule has 0 saturated carbocycles. The zero-order valence-corrected chi connectivity index (χ0v) is 22.7. The number of aromatic nitrogens is 1. The minimum Gasteiger partial charge on any atom is -0.482 e. The molecule has 40 heavy (non-hydrogen) atoms. The quantitative estimate of drug-likeness (QED) is 0.282. The van der Waals surface area contributed by atoms with Gasteiger partial charge in [-0.05, 0) is 50.1 Å². The number of ether oxygens (including phenoxy) is 1. The van der Waals surface area contributed by atoms with Crippen LogP contribution in [-0.2, 0) is 11.2 Å². The number of furan rings is 1. The predicted molar refractivity (Wildman–Crippen MR) is 150 cm³/mol. The Morgan fingerprint density at radius 1 is 1.02 bits per heavy atom. The van der Waals surface area contributed by atoms with Gasteiger partial charge in [-0.25, -0.2) is 10.4 Å². The Hall–Kier alpha value is -4.41. The summed E-state index contributed by atoms with van der Waals surface area (Å²) in [5, 5.41) is 5.95. The number of hydrazine groups is 1. The maximum atomic E-state index is 12.8. The molecule has 2 aromatic carbocycles. The fourth-order valence-electron chi connectivity index (χ4n) is 4.32. The van der Waals surface area contributed by atoms with Crippen LogP contribution in [0.4, 0.5) is 0 Å². The number of nitrogens with zero attached hydrogens (tertiary/aromatic N) is 2. The van der Waals surface area contributed by atoms with Gasteiger partial charge in [0.2, 0.25) is 0 Å². The molecular formula is C28H23Cl2N5O5. The van der Waals surface area contributed by atoms with E-state index in [0.717, 1.165) is 11.8 Å². The van der Waals surface area contributed by atoms with Gasteiger partial charge in [0.15, 0.2) is 12.4 Å². The van der Waals surface area contributed by atoms with Gasteiger partial charge in [-0.2, -0.15) is 5.10 Å². The van der Waals surface area contributed by atoms with Crippen LogP contribution in [0.5, 0.6) is 5.75 Å². The van der Waals surface area contributed by atoms with Crippen molar-refractivity contribution in [1.82, 2.24) is 21.3 Å². The Morgan fingerprint density at radius 2 is 1.85 bits per heavy atom. The highest BCUT2D eigenvalue weighted by atomic mass is 35.5. The normalized spacial score (nSPS) is 13.5. The molecule has 0 aliphatic heterocycles. The second kappa shape index (κ2) is 11.8. The van der Waals surface area contributed by atoms with E-state index in [-0.39, 0.29) is 22.2 Å². The Balaban J connectivity index is 1.23. The van der Waals surface area contributed by atoms with Crippen molar-refractivity contribution in [3.63, 3.8) is 0 Å². The molecule has 2 aromatic heterocycles. The lowest BCUT2D eigenvalue weighted by Crippen LogP contribution is -2.43. The van der Waals surface area contributed by atoms with Crippen molar-refractivity contribution >= 4 is 57.5 Å². The van der Waals surface area contributed by atoms with E-state index in [1.165, 1.54) is 12.1 Å². The molecule has 10 nitrogen and oxygen atoms in total. The molecule has 204 valence electrons.